The lowest BCUT2D eigenvalue weighted by Gasteiger charge is -2.19. The van der Waals surface area contributed by atoms with Crippen molar-refractivity contribution in [2.24, 2.45) is 5.10 Å². The molecule has 0 aliphatic carbocycles. The summed E-state index contributed by atoms with van der Waals surface area (Å²) in [5, 5.41) is 8.36. The number of hydrogen-bond acceptors (Lipinski definition) is 4. The molecule has 1 aromatic rings. The van der Waals surface area contributed by atoms with Gasteiger partial charge in [0.25, 0.3) is 0 Å². The van der Waals surface area contributed by atoms with E-state index in [1.165, 1.54) is 5.56 Å². The summed E-state index contributed by atoms with van der Waals surface area (Å²) in [5.74, 6) is 0.0411. The number of hydrogen-bond donors (Lipinski definition) is 0. The van der Waals surface area contributed by atoms with Gasteiger partial charge in [-0.15, -0.1) is 0 Å². The van der Waals surface area contributed by atoms with Crippen LogP contribution < -0.4 is 0 Å². The van der Waals surface area contributed by atoms with Gasteiger partial charge in [0.05, 0.1) is 5.04 Å². The highest BCUT2D eigenvalue weighted by Gasteiger charge is 2.20. The number of thioether (sulfide) groups is 1. The van der Waals surface area contributed by atoms with Crippen molar-refractivity contribution >= 4 is 22.6 Å². The highest BCUT2D eigenvalue weighted by atomic mass is 32.2. The molecule has 4 heteroatoms. The summed E-state index contributed by atoms with van der Waals surface area (Å²) in [5.41, 5.74) is 2.07. The van der Waals surface area contributed by atoms with Gasteiger partial charge in [-0.25, -0.2) is 0 Å². The van der Waals surface area contributed by atoms with Crippen LogP contribution >= 0.6 is 11.8 Å². The predicted molar refractivity (Wildman–Crippen MR) is 99.9 cm³/mol. The molecule has 1 aromatic carbocycles. The Morgan fingerprint density at radius 1 is 1.26 bits per heavy atom. The minimum absolute atomic E-state index is 0.0411. The third kappa shape index (κ3) is 4.71. The summed E-state index contributed by atoms with van der Waals surface area (Å²) >= 11 is 1.57. The molecule has 0 aromatic heterocycles. The molecular formula is C19H26N2OS. The van der Waals surface area contributed by atoms with Crippen LogP contribution in [0.2, 0.25) is 0 Å². The van der Waals surface area contributed by atoms with Gasteiger partial charge in [-0.05, 0) is 24.3 Å². The lowest BCUT2D eigenvalue weighted by Crippen LogP contribution is -2.14. The van der Waals surface area contributed by atoms with Gasteiger partial charge in [0, 0.05) is 18.2 Å². The summed E-state index contributed by atoms with van der Waals surface area (Å²) < 4.78 is 0. The summed E-state index contributed by atoms with van der Waals surface area (Å²) in [6.45, 7) is 11.5. The van der Waals surface area contributed by atoms with Crippen LogP contribution in [0.25, 0.3) is 0 Å². The van der Waals surface area contributed by atoms with Crippen molar-refractivity contribution < 1.29 is 4.79 Å². The van der Waals surface area contributed by atoms with E-state index in [-0.39, 0.29) is 11.2 Å². The first-order valence-electron chi connectivity index (χ1n) is 8.18. The van der Waals surface area contributed by atoms with Crippen LogP contribution in [0, 0.1) is 0 Å². The van der Waals surface area contributed by atoms with E-state index in [0.717, 1.165) is 35.0 Å². The number of ketones is 1. The maximum atomic E-state index is 12.5. The molecule has 2 rings (SSSR count). The fourth-order valence-corrected chi connectivity index (χ4v) is 3.19. The van der Waals surface area contributed by atoms with E-state index in [0.29, 0.717) is 0 Å². The zero-order valence-electron chi connectivity index (χ0n) is 14.7. The third-order valence-corrected chi connectivity index (χ3v) is 4.70. The molecule has 1 aliphatic heterocycles. The Kier molecular flexibility index (Phi) is 5.69. The molecule has 0 amide bonds. The molecule has 0 spiro atoms. The van der Waals surface area contributed by atoms with Crippen molar-refractivity contribution in [1.82, 2.24) is 5.01 Å². The average molecular weight is 330 g/mol. The number of carbonyl (C=O) groups is 1. The first-order valence-corrected chi connectivity index (χ1v) is 9.00. The van der Waals surface area contributed by atoms with Crippen LogP contribution in [0.15, 0.2) is 40.5 Å². The summed E-state index contributed by atoms with van der Waals surface area (Å²) in [6, 6.07) is 7.93. The fourth-order valence-electron chi connectivity index (χ4n) is 2.35. The molecule has 3 nitrogen and oxygen atoms in total. The summed E-state index contributed by atoms with van der Waals surface area (Å²) in [6.07, 6.45) is 3.90. The topological polar surface area (TPSA) is 32.7 Å². The van der Waals surface area contributed by atoms with Crippen molar-refractivity contribution in [3.05, 3.63) is 46.5 Å². The largest absolute Gasteiger partial charge is 0.289 e. The van der Waals surface area contributed by atoms with E-state index < -0.39 is 0 Å². The quantitative estimate of drug-likeness (QED) is 0.550. The van der Waals surface area contributed by atoms with E-state index in [9.17, 15) is 4.79 Å². The lowest BCUT2D eigenvalue weighted by molar-refractivity contribution is 0.104. The molecule has 23 heavy (non-hydrogen) atoms. The Hall–Kier alpha value is -1.55. The van der Waals surface area contributed by atoms with Crippen LogP contribution in [0.5, 0.6) is 0 Å². The molecular weight excluding hydrogens is 304 g/mol. The van der Waals surface area contributed by atoms with Crippen molar-refractivity contribution in [2.45, 2.75) is 52.9 Å². The van der Waals surface area contributed by atoms with Crippen LogP contribution in [-0.2, 0) is 5.41 Å². The molecule has 124 valence electrons. The van der Waals surface area contributed by atoms with Crippen molar-refractivity contribution in [3.8, 4) is 0 Å². The minimum atomic E-state index is 0.0411. The maximum absolute atomic E-state index is 12.5. The third-order valence-electron chi connectivity index (χ3n) is 3.78. The Balaban J connectivity index is 2.14. The first kappa shape index (κ1) is 17.8. The number of allylic oxidation sites excluding steroid dienone is 1. The normalized spacial score (nSPS) is 16.8. The first-order chi connectivity index (χ1) is 10.8. The molecule has 0 saturated carbocycles. The zero-order valence-corrected chi connectivity index (χ0v) is 15.5. The van der Waals surface area contributed by atoms with E-state index in [1.54, 1.807) is 17.8 Å². The SMILES string of the molecule is CCCCN1N=C(C)S/C1=C\C(=O)c1ccc(C(C)(C)C)cc1. The molecule has 1 heterocycles. The van der Waals surface area contributed by atoms with Gasteiger partial charge in [-0.3, -0.25) is 9.80 Å². The minimum Gasteiger partial charge on any atom is -0.289 e. The van der Waals surface area contributed by atoms with Gasteiger partial charge < -0.3 is 0 Å². The Labute approximate surface area is 143 Å². The zero-order chi connectivity index (χ0) is 17.0. The number of benzene rings is 1. The van der Waals surface area contributed by atoms with Gasteiger partial charge in [-0.2, -0.15) is 5.10 Å². The van der Waals surface area contributed by atoms with Gasteiger partial charge in [0.1, 0.15) is 5.03 Å². The lowest BCUT2D eigenvalue weighted by atomic mass is 9.86. The van der Waals surface area contributed by atoms with Crippen molar-refractivity contribution in [2.75, 3.05) is 6.54 Å². The Morgan fingerprint density at radius 3 is 2.48 bits per heavy atom. The number of unbranched alkanes of at least 4 members (excludes halogenated alkanes) is 1. The molecule has 0 unspecified atom stereocenters. The van der Waals surface area contributed by atoms with Crippen molar-refractivity contribution in [3.63, 3.8) is 0 Å². The number of nitrogens with zero attached hydrogens (tertiary/aromatic N) is 2. The van der Waals surface area contributed by atoms with Crippen LogP contribution in [0.1, 0.15) is 63.4 Å². The van der Waals surface area contributed by atoms with Gasteiger partial charge in [-0.1, -0.05) is 70.1 Å². The highest BCUT2D eigenvalue weighted by molar-refractivity contribution is 8.17. The Bertz CT molecular complexity index is 624. The summed E-state index contributed by atoms with van der Waals surface area (Å²) in [7, 11) is 0. The Morgan fingerprint density at radius 2 is 1.91 bits per heavy atom. The molecule has 0 fully saturated rings. The fraction of sp³-hybridized carbons (Fsp3) is 0.474. The molecule has 0 bridgehead atoms. The maximum Gasteiger partial charge on any atom is 0.188 e. The number of carbonyl (C=O) groups excluding carboxylic acids is 1. The van der Waals surface area contributed by atoms with Crippen LogP contribution in [-0.4, -0.2) is 22.4 Å². The molecule has 1 aliphatic rings. The smallest absolute Gasteiger partial charge is 0.188 e. The van der Waals surface area contributed by atoms with E-state index >= 15 is 0 Å². The number of hydrazone groups is 1. The highest BCUT2D eigenvalue weighted by Crippen LogP contribution is 2.30. The number of rotatable bonds is 5. The molecule has 0 saturated heterocycles. The van der Waals surface area contributed by atoms with E-state index in [1.807, 2.05) is 36.2 Å². The van der Waals surface area contributed by atoms with Gasteiger partial charge in [0.15, 0.2) is 5.78 Å². The molecule has 0 atom stereocenters. The van der Waals surface area contributed by atoms with Crippen molar-refractivity contribution in [1.29, 1.82) is 0 Å². The predicted octanol–water partition coefficient (Wildman–Crippen LogP) is 5.19. The van der Waals surface area contributed by atoms with Gasteiger partial charge >= 0.3 is 0 Å². The van der Waals surface area contributed by atoms with E-state index in [4.69, 9.17) is 0 Å². The summed E-state index contributed by atoms with van der Waals surface area (Å²) in [4.78, 5) is 12.5. The van der Waals surface area contributed by atoms with Crippen LogP contribution in [0.4, 0.5) is 0 Å². The van der Waals surface area contributed by atoms with Gasteiger partial charge in [0.2, 0.25) is 0 Å². The molecule has 0 radical (unpaired) electrons. The second-order valence-corrected chi connectivity index (χ2v) is 8.09. The second-order valence-electron chi connectivity index (χ2n) is 6.87. The molecule has 0 N–H and O–H groups in total. The monoisotopic (exact) mass is 330 g/mol. The van der Waals surface area contributed by atoms with E-state index in [2.05, 4.69) is 32.8 Å². The standard InChI is InChI=1S/C19H26N2OS/c1-6-7-12-21-18(23-14(2)20-21)13-17(22)15-8-10-16(11-9-15)19(3,4)5/h8-11,13H,6-7,12H2,1-5H3/b18-13-. The second kappa shape index (κ2) is 7.35. The average Bonchev–Trinajstić information content (AvgIpc) is 2.84. The van der Waals surface area contributed by atoms with Crippen LogP contribution in [0.3, 0.4) is 0 Å².